The van der Waals surface area contributed by atoms with E-state index in [4.69, 9.17) is 0 Å². The van der Waals surface area contributed by atoms with Gasteiger partial charge in [0, 0.05) is 23.6 Å². The predicted octanol–water partition coefficient (Wildman–Crippen LogP) is 3.24. The summed E-state index contributed by atoms with van der Waals surface area (Å²) in [5.74, 6) is -1.84. The normalized spacial score (nSPS) is 14.9. The van der Waals surface area contributed by atoms with E-state index in [1.165, 1.54) is 0 Å². The fourth-order valence-corrected chi connectivity index (χ4v) is 5.26. The van der Waals surface area contributed by atoms with Crippen LogP contribution in [0.3, 0.4) is 0 Å². The van der Waals surface area contributed by atoms with Crippen LogP contribution in [0.15, 0.2) is 41.3 Å². The molecule has 3 aromatic rings. The number of halogens is 2. The lowest BCUT2D eigenvalue weighted by Gasteiger charge is -2.10. The van der Waals surface area contributed by atoms with Crippen LogP contribution in [0.4, 0.5) is 8.78 Å². The third-order valence-electron chi connectivity index (χ3n) is 4.51. The number of fused-ring (bicyclic) bond motifs is 5. The lowest BCUT2D eigenvalue weighted by molar-refractivity contribution is 0.414. The monoisotopic (exact) mass is 362 g/mol. The molecule has 0 unspecified atom stereocenters. The Labute approximate surface area is 144 Å². The highest BCUT2D eigenvalue weighted by atomic mass is 32.2. The number of benzene rings is 2. The zero-order chi connectivity index (χ0) is 17.9. The Balaban J connectivity index is 2.13. The Morgan fingerprint density at radius 3 is 2.56 bits per heavy atom. The highest BCUT2D eigenvalue weighted by Crippen LogP contribution is 2.46. The van der Waals surface area contributed by atoms with Gasteiger partial charge in [0.15, 0.2) is 0 Å². The van der Waals surface area contributed by atoms with Crippen molar-refractivity contribution >= 4 is 20.9 Å². The highest BCUT2D eigenvalue weighted by Gasteiger charge is 2.39. The van der Waals surface area contributed by atoms with Crippen LogP contribution in [0.2, 0.25) is 0 Å². The molecule has 7 heteroatoms. The first kappa shape index (κ1) is 16.2. The Morgan fingerprint density at radius 2 is 1.84 bits per heavy atom. The van der Waals surface area contributed by atoms with Gasteiger partial charge in [-0.3, -0.25) is 0 Å². The maximum absolute atomic E-state index is 14.3. The zero-order valence-electron chi connectivity index (χ0n) is 13.8. The first-order valence-electron chi connectivity index (χ1n) is 7.84. The fraction of sp³-hybridized carbons (Fsp3) is 0.222. The molecule has 2 aromatic carbocycles. The summed E-state index contributed by atoms with van der Waals surface area (Å²) < 4.78 is 55.2. The molecule has 0 amide bonds. The van der Waals surface area contributed by atoms with Gasteiger partial charge in [-0.05, 0) is 38.2 Å². The van der Waals surface area contributed by atoms with Gasteiger partial charge >= 0.3 is 0 Å². The van der Waals surface area contributed by atoms with Crippen LogP contribution < -0.4 is 0 Å². The second kappa shape index (κ2) is 5.37. The predicted molar refractivity (Wildman–Crippen MR) is 92.1 cm³/mol. The number of aromatic nitrogens is 1. The van der Waals surface area contributed by atoms with Gasteiger partial charge in [-0.1, -0.05) is 18.2 Å². The van der Waals surface area contributed by atoms with Crippen LogP contribution in [0.5, 0.6) is 0 Å². The maximum Gasteiger partial charge on any atom is 0.272 e. The van der Waals surface area contributed by atoms with Crippen molar-refractivity contribution in [3.8, 4) is 11.3 Å². The first-order valence-corrected chi connectivity index (χ1v) is 9.28. The topological polar surface area (TPSA) is 42.3 Å². The molecule has 2 heterocycles. The smallest absolute Gasteiger partial charge is 0.272 e. The molecule has 1 aromatic heterocycles. The van der Waals surface area contributed by atoms with Crippen molar-refractivity contribution < 1.29 is 17.2 Å². The molecule has 0 fully saturated rings. The average Bonchev–Trinajstić information content (AvgIpc) is 2.97. The molecular weight excluding hydrogens is 346 g/mol. The Bertz CT molecular complexity index is 1120. The minimum absolute atomic E-state index is 0.0995. The molecule has 0 N–H and O–H groups in total. The van der Waals surface area contributed by atoms with Gasteiger partial charge in [0.2, 0.25) is 0 Å². The van der Waals surface area contributed by atoms with Crippen molar-refractivity contribution in [1.29, 1.82) is 0 Å². The Kier molecular flexibility index (Phi) is 3.49. The summed E-state index contributed by atoms with van der Waals surface area (Å²) in [5, 5.41) is 0.790. The average molecular weight is 362 g/mol. The van der Waals surface area contributed by atoms with E-state index in [2.05, 4.69) is 0 Å². The van der Waals surface area contributed by atoms with Gasteiger partial charge in [0.1, 0.15) is 16.5 Å². The molecule has 0 spiro atoms. The lowest BCUT2D eigenvalue weighted by Crippen LogP contribution is -2.15. The van der Waals surface area contributed by atoms with E-state index in [0.29, 0.717) is 30.2 Å². The van der Waals surface area contributed by atoms with E-state index < -0.39 is 26.6 Å². The molecule has 0 radical (unpaired) electrons. The number of nitrogens with zero attached hydrogens (tertiary/aromatic N) is 2. The van der Waals surface area contributed by atoms with E-state index in [1.54, 1.807) is 12.1 Å². The van der Waals surface area contributed by atoms with Gasteiger partial charge in [-0.15, -0.1) is 0 Å². The van der Waals surface area contributed by atoms with Crippen molar-refractivity contribution in [2.24, 2.45) is 0 Å². The molecule has 0 atom stereocenters. The van der Waals surface area contributed by atoms with Gasteiger partial charge in [0.25, 0.3) is 10.0 Å². The molecule has 1 aliphatic heterocycles. The molecule has 0 saturated carbocycles. The van der Waals surface area contributed by atoms with Crippen molar-refractivity contribution in [3.05, 3.63) is 53.6 Å². The molecule has 1 aliphatic rings. The largest absolute Gasteiger partial charge is 0.309 e. The molecule has 0 saturated heterocycles. The molecule has 0 bridgehead atoms. The number of hydrogen-bond acceptors (Lipinski definition) is 3. The van der Waals surface area contributed by atoms with E-state index >= 15 is 0 Å². The van der Waals surface area contributed by atoms with Crippen LogP contribution in [0.1, 0.15) is 5.56 Å². The van der Waals surface area contributed by atoms with Crippen molar-refractivity contribution in [1.82, 2.24) is 8.87 Å². The summed E-state index contributed by atoms with van der Waals surface area (Å²) in [5.41, 5.74) is 1.75. The third-order valence-corrected chi connectivity index (χ3v) is 6.30. The molecule has 4 nitrogen and oxygen atoms in total. The van der Waals surface area contributed by atoms with Crippen LogP contribution in [-0.4, -0.2) is 37.9 Å². The number of likely N-dealkylation sites (N-methyl/N-ethyl adjacent to an activating group) is 1. The van der Waals surface area contributed by atoms with Crippen molar-refractivity contribution in [2.45, 2.75) is 11.3 Å². The van der Waals surface area contributed by atoms with Crippen LogP contribution in [0.25, 0.3) is 22.2 Å². The second-order valence-electron chi connectivity index (χ2n) is 6.43. The minimum atomic E-state index is -4.10. The van der Waals surface area contributed by atoms with E-state index in [9.17, 15) is 17.2 Å². The van der Waals surface area contributed by atoms with Crippen molar-refractivity contribution in [2.75, 3.05) is 20.6 Å². The van der Waals surface area contributed by atoms with Crippen LogP contribution in [0, 0.1) is 11.6 Å². The summed E-state index contributed by atoms with van der Waals surface area (Å²) in [4.78, 5) is 1.54. The molecule has 25 heavy (non-hydrogen) atoms. The molecular formula is C18H16F2N2O2S. The van der Waals surface area contributed by atoms with Gasteiger partial charge in [0.05, 0.1) is 11.2 Å². The Hall–Kier alpha value is -2.25. The van der Waals surface area contributed by atoms with Crippen molar-refractivity contribution in [3.63, 3.8) is 0 Å². The van der Waals surface area contributed by atoms with E-state index in [1.807, 2.05) is 31.1 Å². The first-order chi connectivity index (χ1) is 11.8. The number of para-hydroxylation sites is 1. The zero-order valence-corrected chi connectivity index (χ0v) is 14.6. The maximum atomic E-state index is 14.3. The number of hydrogen-bond donors (Lipinski definition) is 0. The fourth-order valence-electron chi connectivity index (χ4n) is 3.48. The lowest BCUT2D eigenvalue weighted by atomic mass is 10.0. The quantitative estimate of drug-likeness (QED) is 0.562. The summed E-state index contributed by atoms with van der Waals surface area (Å²) >= 11 is 0. The standard InChI is InChI=1S/C18H16F2N2O2S/c1-21(2)8-7-13-12-5-3-4-6-16(12)22-17(13)14-9-11(19)10-15(20)18(14)25(22,23)24/h3-6,9-10H,7-8H2,1-2H3. The van der Waals surface area contributed by atoms with Gasteiger partial charge < -0.3 is 4.90 Å². The summed E-state index contributed by atoms with van der Waals surface area (Å²) in [7, 11) is -0.257. The van der Waals surface area contributed by atoms with Crippen LogP contribution >= 0.6 is 0 Å². The summed E-state index contributed by atoms with van der Waals surface area (Å²) in [6.07, 6.45) is 0.572. The molecule has 4 rings (SSSR count). The van der Waals surface area contributed by atoms with E-state index in [-0.39, 0.29) is 5.56 Å². The highest BCUT2D eigenvalue weighted by molar-refractivity contribution is 7.90. The molecule has 0 aliphatic carbocycles. The number of rotatable bonds is 3. The SMILES string of the molecule is CN(C)CCc1c2n(c3ccccc13)S(=O)(=O)c1c(F)cc(F)cc1-2. The van der Waals surface area contributed by atoms with E-state index in [0.717, 1.165) is 21.0 Å². The second-order valence-corrected chi connectivity index (χ2v) is 8.15. The summed E-state index contributed by atoms with van der Waals surface area (Å²) in [6.45, 7) is 0.689. The molecule has 130 valence electrons. The minimum Gasteiger partial charge on any atom is -0.309 e. The van der Waals surface area contributed by atoms with Crippen LogP contribution in [-0.2, 0) is 16.4 Å². The van der Waals surface area contributed by atoms with Gasteiger partial charge in [-0.25, -0.2) is 21.2 Å². The third kappa shape index (κ3) is 2.22. The summed E-state index contributed by atoms with van der Waals surface area (Å²) in [6, 6.07) is 8.82. The van der Waals surface area contributed by atoms with Gasteiger partial charge in [-0.2, -0.15) is 0 Å². The Morgan fingerprint density at radius 1 is 1.12 bits per heavy atom.